The minimum Gasteiger partial charge on any atom is -0.497 e. The molecule has 0 bridgehead atoms. The molecule has 1 aromatic heterocycles. The second-order valence-electron chi connectivity index (χ2n) is 5.62. The van der Waals surface area contributed by atoms with Gasteiger partial charge in [0.05, 0.1) is 7.11 Å². The van der Waals surface area contributed by atoms with Crippen molar-refractivity contribution in [2.45, 2.75) is 25.0 Å². The van der Waals surface area contributed by atoms with Crippen LogP contribution in [0.3, 0.4) is 0 Å². The molecule has 1 fully saturated rings. The first-order valence-electron chi connectivity index (χ1n) is 7.72. The second-order valence-corrected chi connectivity index (χ2v) is 5.62. The van der Waals surface area contributed by atoms with E-state index in [0.29, 0.717) is 6.61 Å². The van der Waals surface area contributed by atoms with Crippen LogP contribution in [0.2, 0.25) is 0 Å². The van der Waals surface area contributed by atoms with Crippen molar-refractivity contribution >= 4 is 5.91 Å². The first kappa shape index (κ1) is 15.6. The lowest BCUT2D eigenvalue weighted by atomic mass is 10.0. The molecule has 2 unspecified atom stereocenters. The number of methoxy groups -OCH3 is 1. The highest BCUT2D eigenvalue weighted by Crippen LogP contribution is 2.25. The van der Waals surface area contributed by atoms with Gasteiger partial charge in [0.1, 0.15) is 23.7 Å². The Kier molecular flexibility index (Phi) is 4.62. The van der Waals surface area contributed by atoms with E-state index >= 15 is 0 Å². The predicted molar refractivity (Wildman–Crippen MR) is 85.2 cm³/mol. The number of nitrogens with zero attached hydrogens (tertiary/aromatic N) is 2. The third-order valence-corrected chi connectivity index (χ3v) is 4.05. The maximum atomic E-state index is 12.5. The van der Waals surface area contributed by atoms with Gasteiger partial charge in [0, 0.05) is 26.0 Å². The second kappa shape index (κ2) is 6.83. The van der Waals surface area contributed by atoms with Gasteiger partial charge in [0.15, 0.2) is 0 Å². The van der Waals surface area contributed by atoms with Crippen LogP contribution in [0.25, 0.3) is 0 Å². The molecule has 6 nitrogen and oxygen atoms in total. The van der Waals surface area contributed by atoms with Crippen LogP contribution in [0.15, 0.2) is 36.7 Å². The molecule has 122 valence electrons. The number of imidazole rings is 1. The fraction of sp³-hybridized carbons (Fsp3) is 0.412. The fourth-order valence-electron chi connectivity index (χ4n) is 2.79. The molecular weight excluding hydrogens is 294 g/mol. The number of amides is 1. The van der Waals surface area contributed by atoms with E-state index in [4.69, 9.17) is 9.47 Å². The maximum Gasteiger partial charge on any atom is 0.249 e. The highest BCUT2D eigenvalue weighted by molar-refractivity contribution is 5.81. The molecule has 1 aliphatic heterocycles. The number of carbonyl (C=O) groups is 1. The molecule has 2 atom stereocenters. The number of ether oxygens (including phenoxy) is 2. The zero-order valence-electron chi connectivity index (χ0n) is 13.4. The summed E-state index contributed by atoms with van der Waals surface area (Å²) in [4.78, 5) is 16.9. The molecule has 0 aliphatic carbocycles. The molecule has 1 N–H and O–H groups in total. The van der Waals surface area contributed by atoms with Crippen molar-refractivity contribution in [3.05, 3.63) is 48.0 Å². The van der Waals surface area contributed by atoms with Gasteiger partial charge in [-0.15, -0.1) is 0 Å². The van der Waals surface area contributed by atoms with Crippen LogP contribution in [-0.4, -0.2) is 35.3 Å². The summed E-state index contributed by atoms with van der Waals surface area (Å²) in [7, 11) is 3.54. The van der Waals surface area contributed by atoms with Crippen molar-refractivity contribution in [3.63, 3.8) is 0 Å². The van der Waals surface area contributed by atoms with Crippen molar-refractivity contribution < 1.29 is 14.3 Å². The lowest BCUT2D eigenvalue weighted by Gasteiger charge is -2.21. The highest BCUT2D eigenvalue weighted by Gasteiger charge is 2.28. The van der Waals surface area contributed by atoms with E-state index in [1.54, 1.807) is 13.3 Å². The van der Waals surface area contributed by atoms with Gasteiger partial charge in [0.25, 0.3) is 0 Å². The number of carbonyl (C=O) groups excluding carboxylic acids is 1. The van der Waals surface area contributed by atoms with Crippen LogP contribution in [0, 0.1) is 0 Å². The summed E-state index contributed by atoms with van der Waals surface area (Å²) in [6, 6.07) is 7.30. The van der Waals surface area contributed by atoms with Gasteiger partial charge in [-0.1, -0.05) is 12.1 Å². The van der Waals surface area contributed by atoms with E-state index in [9.17, 15) is 4.79 Å². The van der Waals surface area contributed by atoms with Crippen LogP contribution in [0.1, 0.15) is 30.3 Å². The van der Waals surface area contributed by atoms with Crippen molar-refractivity contribution in [3.8, 4) is 5.75 Å². The minimum absolute atomic E-state index is 0.0988. The molecule has 1 aliphatic rings. The molecule has 0 saturated carbocycles. The average Bonchev–Trinajstić information content (AvgIpc) is 3.24. The molecule has 2 aromatic rings. The van der Waals surface area contributed by atoms with Gasteiger partial charge in [-0.05, 0) is 30.5 Å². The normalized spacial score (nSPS) is 18.6. The Labute approximate surface area is 135 Å². The Bertz CT molecular complexity index is 677. The summed E-state index contributed by atoms with van der Waals surface area (Å²) in [6.45, 7) is 0.643. The largest absolute Gasteiger partial charge is 0.497 e. The van der Waals surface area contributed by atoms with Gasteiger partial charge in [-0.2, -0.15) is 0 Å². The number of nitrogens with one attached hydrogen (secondary N) is 1. The van der Waals surface area contributed by atoms with E-state index in [1.165, 1.54) is 0 Å². The third kappa shape index (κ3) is 3.37. The molecule has 1 aromatic carbocycles. The average molecular weight is 315 g/mol. The smallest absolute Gasteiger partial charge is 0.249 e. The Morgan fingerprint density at radius 1 is 1.52 bits per heavy atom. The zero-order chi connectivity index (χ0) is 16.2. The number of aryl methyl sites for hydroxylation is 1. The van der Waals surface area contributed by atoms with Crippen molar-refractivity contribution in [2.24, 2.45) is 7.05 Å². The Hall–Kier alpha value is -2.34. The Morgan fingerprint density at radius 3 is 3.04 bits per heavy atom. The quantitative estimate of drug-likeness (QED) is 0.914. The van der Waals surface area contributed by atoms with Crippen molar-refractivity contribution in [2.75, 3.05) is 13.7 Å². The van der Waals surface area contributed by atoms with Crippen LogP contribution in [-0.2, 0) is 16.6 Å². The van der Waals surface area contributed by atoms with E-state index in [2.05, 4.69) is 10.3 Å². The number of aromatic nitrogens is 2. The number of rotatable bonds is 5. The molecular formula is C17H21N3O3. The topological polar surface area (TPSA) is 65.4 Å². The number of benzene rings is 1. The van der Waals surface area contributed by atoms with E-state index in [-0.39, 0.29) is 18.1 Å². The Balaban J connectivity index is 1.90. The summed E-state index contributed by atoms with van der Waals surface area (Å²) >= 11 is 0. The summed E-state index contributed by atoms with van der Waals surface area (Å²) in [5.41, 5.74) is 0.921. The molecule has 23 heavy (non-hydrogen) atoms. The molecule has 1 amide bonds. The first-order valence-corrected chi connectivity index (χ1v) is 7.72. The molecule has 0 radical (unpaired) electrons. The van der Waals surface area contributed by atoms with Gasteiger partial charge in [-0.25, -0.2) is 4.98 Å². The van der Waals surface area contributed by atoms with Crippen LogP contribution in [0.5, 0.6) is 5.75 Å². The summed E-state index contributed by atoms with van der Waals surface area (Å²) in [6.07, 6.45) is 4.89. The summed E-state index contributed by atoms with van der Waals surface area (Å²) in [5.74, 6) is 1.41. The molecule has 3 rings (SSSR count). The molecule has 0 spiro atoms. The molecule has 2 heterocycles. The van der Waals surface area contributed by atoms with Crippen LogP contribution in [0.4, 0.5) is 0 Å². The van der Waals surface area contributed by atoms with Crippen LogP contribution >= 0.6 is 0 Å². The summed E-state index contributed by atoms with van der Waals surface area (Å²) in [5, 5.41) is 3.07. The third-order valence-electron chi connectivity index (χ3n) is 4.05. The first-order chi connectivity index (χ1) is 11.2. The number of hydrogen-bond donors (Lipinski definition) is 1. The SMILES string of the molecule is COc1cccc(C(NC(=O)C2CCCO2)c2nccn2C)c1. The van der Waals surface area contributed by atoms with E-state index < -0.39 is 0 Å². The monoisotopic (exact) mass is 315 g/mol. The lowest BCUT2D eigenvalue weighted by molar-refractivity contribution is -0.130. The van der Waals surface area contributed by atoms with Crippen LogP contribution < -0.4 is 10.1 Å². The van der Waals surface area contributed by atoms with Crippen molar-refractivity contribution in [1.29, 1.82) is 0 Å². The van der Waals surface area contributed by atoms with E-state index in [0.717, 1.165) is 30.0 Å². The van der Waals surface area contributed by atoms with Gasteiger partial charge in [0.2, 0.25) is 5.91 Å². The molecule has 6 heteroatoms. The Morgan fingerprint density at radius 2 is 2.39 bits per heavy atom. The zero-order valence-corrected chi connectivity index (χ0v) is 13.4. The standard InChI is InChI=1S/C17H21N3O3/c1-20-9-8-18-16(20)15(12-5-3-6-13(11-12)22-2)19-17(21)14-7-4-10-23-14/h3,5-6,8-9,11,14-15H,4,7,10H2,1-2H3,(H,19,21). The predicted octanol–water partition coefficient (Wildman–Crippen LogP) is 1.81. The summed E-state index contributed by atoms with van der Waals surface area (Å²) < 4.78 is 12.7. The van der Waals surface area contributed by atoms with Crippen molar-refractivity contribution in [1.82, 2.24) is 14.9 Å². The maximum absolute atomic E-state index is 12.5. The minimum atomic E-state index is -0.372. The van der Waals surface area contributed by atoms with Gasteiger partial charge >= 0.3 is 0 Å². The van der Waals surface area contributed by atoms with Gasteiger partial charge in [-0.3, -0.25) is 4.79 Å². The highest BCUT2D eigenvalue weighted by atomic mass is 16.5. The number of hydrogen-bond acceptors (Lipinski definition) is 4. The van der Waals surface area contributed by atoms with Gasteiger partial charge < -0.3 is 19.4 Å². The fourth-order valence-corrected chi connectivity index (χ4v) is 2.79. The lowest BCUT2D eigenvalue weighted by Crippen LogP contribution is -2.38. The van der Waals surface area contributed by atoms with E-state index in [1.807, 2.05) is 42.1 Å². The molecule has 1 saturated heterocycles.